The van der Waals surface area contributed by atoms with Gasteiger partial charge < -0.3 is 15.7 Å². The number of aliphatic carboxylic acids is 1. The Balaban J connectivity index is 2.17. The number of sulfonamides is 1. The van der Waals surface area contributed by atoms with Crippen molar-refractivity contribution in [3.8, 4) is 0 Å². The highest BCUT2D eigenvalue weighted by Crippen LogP contribution is 2.19. The highest BCUT2D eigenvalue weighted by molar-refractivity contribution is 7.89. The number of nitrogens with one attached hydrogen (secondary N) is 2. The quantitative estimate of drug-likeness (QED) is 0.601. The molecule has 10 heteroatoms. The maximum absolute atomic E-state index is 12.7. The largest absolute Gasteiger partial charge is 0.481 e. The molecule has 1 aliphatic heterocycles. The standard InChI is InChI=1S/C17H23N3O6S/c1-17(2,7-6-15(22)23)19-16(24)12-4-3-5-13(10-12)27(25,26)20-9-8-18-14(21)11-20/h3-5,10H,6-9,11H2,1-2H3,(H,18,21)(H,19,24)(H,22,23). The number of piperazine rings is 1. The third-order valence-electron chi connectivity index (χ3n) is 4.15. The average molecular weight is 397 g/mol. The second-order valence-electron chi connectivity index (χ2n) is 6.95. The van der Waals surface area contributed by atoms with Gasteiger partial charge in [-0.25, -0.2) is 8.42 Å². The summed E-state index contributed by atoms with van der Waals surface area (Å²) in [5.41, 5.74) is -0.629. The lowest BCUT2D eigenvalue weighted by atomic mass is 9.98. The maximum Gasteiger partial charge on any atom is 0.303 e. The maximum atomic E-state index is 12.7. The number of rotatable bonds is 7. The summed E-state index contributed by atoms with van der Waals surface area (Å²) in [6, 6.07) is 5.55. The number of carboxylic acid groups (broad SMARTS) is 1. The smallest absolute Gasteiger partial charge is 0.303 e. The molecular weight excluding hydrogens is 374 g/mol. The normalized spacial score (nSPS) is 15.9. The molecule has 1 heterocycles. The minimum absolute atomic E-state index is 0.0757. The molecule has 1 aromatic rings. The molecule has 2 amide bonds. The van der Waals surface area contributed by atoms with Crippen LogP contribution in [0.4, 0.5) is 0 Å². The van der Waals surface area contributed by atoms with Gasteiger partial charge in [0.05, 0.1) is 11.4 Å². The Labute approximate surface area is 157 Å². The van der Waals surface area contributed by atoms with Crippen LogP contribution in [0.25, 0.3) is 0 Å². The van der Waals surface area contributed by atoms with Crippen molar-refractivity contribution in [3.05, 3.63) is 29.8 Å². The van der Waals surface area contributed by atoms with Gasteiger partial charge >= 0.3 is 5.97 Å². The summed E-state index contributed by atoms with van der Waals surface area (Å²) in [5.74, 6) is -1.84. The van der Waals surface area contributed by atoms with E-state index in [0.29, 0.717) is 0 Å². The molecule has 0 aliphatic carbocycles. The molecule has 0 aromatic heterocycles. The van der Waals surface area contributed by atoms with Crippen molar-refractivity contribution in [1.29, 1.82) is 0 Å². The lowest BCUT2D eigenvalue weighted by molar-refractivity contribution is -0.137. The Kier molecular flexibility index (Phi) is 6.22. The van der Waals surface area contributed by atoms with E-state index in [2.05, 4.69) is 10.6 Å². The van der Waals surface area contributed by atoms with Gasteiger partial charge in [-0.1, -0.05) is 6.07 Å². The predicted molar refractivity (Wildman–Crippen MR) is 96.6 cm³/mol. The minimum atomic E-state index is -3.90. The summed E-state index contributed by atoms with van der Waals surface area (Å²) >= 11 is 0. The lowest BCUT2D eigenvalue weighted by Crippen LogP contribution is -2.49. The van der Waals surface area contributed by atoms with E-state index in [1.807, 2.05) is 0 Å². The number of carbonyl (C=O) groups excluding carboxylic acids is 2. The number of hydrogen-bond acceptors (Lipinski definition) is 5. The molecule has 1 aromatic carbocycles. The Hall–Kier alpha value is -2.46. The monoisotopic (exact) mass is 397 g/mol. The molecule has 3 N–H and O–H groups in total. The van der Waals surface area contributed by atoms with E-state index in [1.54, 1.807) is 13.8 Å². The molecule has 1 saturated heterocycles. The van der Waals surface area contributed by atoms with E-state index in [4.69, 9.17) is 5.11 Å². The number of carbonyl (C=O) groups is 3. The van der Waals surface area contributed by atoms with Crippen LogP contribution in [0, 0.1) is 0 Å². The van der Waals surface area contributed by atoms with Crippen LogP contribution in [-0.2, 0) is 19.6 Å². The number of amides is 2. The molecule has 0 radical (unpaired) electrons. The van der Waals surface area contributed by atoms with Crippen molar-refractivity contribution in [2.75, 3.05) is 19.6 Å². The highest BCUT2D eigenvalue weighted by Gasteiger charge is 2.30. The molecule has 0 bridgehead atoms. The fourth-order valence-electron chi connectivity index (χ4n) is 2.63. The first-order valence-corrected chi connectivity index (χ1v) is 9.86. The van der Waals surface area contributed by atoms with Gasteiger partial charge in [0.2, 0.25) is 15.9 Å². The summed E-state index contributed by atoms with van der Waals surface area (Å²) in [6.07, 6.45) is 0.133. The average Bonchev–Trinajstić information content (AvgIpc) is 2.60. The van der Waals surface area contributed by atoms with Crippen LogP contribution in [0.3, 0.4) is 0 Å². The lowest BCUT2D eigenvalue weighted by Gasteiger charge is -2.27. The van der Waals surface area contributed by atoms with E-state index in [9.17, 15) is 22.8 Å². The van der Waals surface area contributed by atoms with Gasteiger partial charge in [0.15, 0.2) is 0 Å². The molecular formula is C17H23N3O6S. The van der Waals surface area contributed by atoms with Crippen molar-refractivity contribution in [3.63, 3.8) is 0 Å². The zero-order chi connectivity index (χ0) is 20.2. The van der Waals surface area contributed by atoms with E-state index >= 15 is 0 Å². The van der Waals surface area contributed by atoms with Gasteiger partial charge in [-0.3, -0.25) is 14.4 Å². The van der Waals surface area contributed by atoms with Gasteiger partial charge in [-0.05, 0) is 38.5 Å². The van der Waals surface area contributed by atoms with Gasteiger partial charge in [0, 0.05) is 30.6 Å². The molecule has 148 valence electrons. The van der Waals surface area contributed by atoms with Crippen LogP contribution < -0.4 is 10.6 Å². The van der Waals surface area contributed by atoms with Crippen LogP contribution in [0.5, 0.6) is 0 Å². The number of benzene rings is 1. The fourth-order valence-corrected chi connectivity index (χ4v) is 4.07. The highest BCUT2D eigenvalue weighted by atomic mass is 32.2. The molecule has 9 nitrogen and oxygen atoms in total. The summed E-state index contributed by atoms with van der Waals surface area (Å²) in [4.78, 5) is 34.6. The number of hydrogen-bond donors (Lipinski definition) is 3. The van der Waals surface area contributed by atoms with Crippen molar-refractivity contribution < 1.29 is 27.9 Å². The summed E-state index contributed by atoms with van der Waals surface area (Å²) in [7, 11) is -3.90. The molecule has 1 aliphatic rings. The Morgan fingerprint density at radius 3 is 2.67 bits per heavy atom. The molecule has 0 atom stereocenters. The first-order chi connectivity index (χ1) is 12.5. The van der Waals surface area contributed by atoms with Crippen LogP contribution in [0.15, 0.2) is 29.2 Å². The van der Waals surface area contributed by atoms with Crippen molar-refractivity contribution in [2.45, 2.75) is 37.1 Å². The fraction of sp³-hybridized carbons (Fsp3) is 0.471. The molecule has 0 saturated carbocycles. The molecule has 1 fully saturated rings. The Morgan fingerprint density at radius 2 is 2.04 bits per heavy atom. The topological polar surface area (TPSA) is 133 Å². The Bertz CT molecular complexity index is 850. The van der Waals surface area contributed by atoms with E-state index in [-0.39, 0.29) is 48.8 Å². The second kappa shape index (κ2) is 8.05. The summed E-state index contributed by atoms with van der Waals surface area (Å²) in [6.45, 7) is 3.52. The first-order valence-electron chi connectivity index (χ1n) is 8.42. The van der Waals surface area contributed by atoms with Gasteiger partial charge in [-0.15, -0.1) is 0 Å². The van der Waals surface area contributed by atoms with E-state index in [1.165, 1.54) is 24.3 Å². The zero-order valence-corrected chi connectivity index (χ0v) is 16.0. The molecule has 27 heavy (non-hydrogen) atoms. The third kappa shape index (κ3) is 5.51. The van der Waals surface area contributed by atoms with Crippen molar-refractivity contribution >= 4 is 27.8 Å². The van der Waals surface area contributed by atoms with Crippen LogP contribution in [0.2, 0.25) is 0 Å². The molecule has 0 unspecified atom stereocenters. The first kappa shape index (κ1) is 20.8. The Morgan fingerprint density at radius 1 is 1.33 bits per heavy atom. The SMILES string of the molecule is CC(C)(CCC(=O)O)NC(=O)c1cccc(S(=O)(=O)N2CCNC(=O)C2)c1. The summed E-state index contributed by atoms with van der Waals surface area (Å²) in [5, 5.41) is 14.1. The zero-order valence-electron chi connectivity index (χ0n) is 15.2. The van der Waals surface area contributed by atoms with Gasteiger partial charge in [0.1, 0.15) is 0 Å². The molecule has 0 spiro atoms. The third-order valence-corrected chi connectivity index (χ3v) is 5.99. The number of nitrogens with zero attached hydrogens (tertiary/aromatic N) is 1. The van der Waals surface area contributed by atoms with Crippen molar-refractivity contribution in [1.82, 2.24) is 14.9 Å². The van der Waals surface area contributed by atoms with Crippen molar-refractivity contribution in [2.24, 2.45) is 0 Å². The van der Waals surface area contributed by atoms with E-state index in [0.717, 1.165) is 4.31 Å². The van der Waals surface area contributed by atoms with Gasteiger partial charge in [0.25, 0.3) is 5.91 Å². The predicted octanol–water partition coefficient (Wildman–Crippen LogP) is 0.180. The van der Waals surface area contributed by atoms with Crippen LogP contribution >= 0.6 is 0 Å². The van der Waals surface area contributed by atoms with Crippen LogP contribution in [-0.4, -0.2) is 60.8 Å². The van der Waals surface area contributed by atoms with Crippen LogP contribution in [0.1, 0.15) is 37.0 Å². The number of carboxylic acids is 1. The minimum Gasteiger partial charge on any atom is -0.481 e. The summed E-state index contributed by atoms with van der Waals surface area (Å²) < 4.78 is 26.5. The van der Waals surface area contributed by atoms with Gasteiger partial charge in [-0.2, -0.15) is 4.31 Å². The second-order valence-corrected chi connectivity index (χ2v) is 8.89. The van der Waals surface area contributed by atoms with E-state index < -0.39 is 27.4 Å². The molecule has 2 rings (SSSR count).